The van der Waals surface area contributed by atoms with Gasteiger partial charge in [-0.05, 0) is 12.3 Å². The van der Waals surface area contributed by atoms with E-state index in [0.29, 0.717) is 12.5 Å². The third-order valence-corrected chi connectivity index (χ3v) is 4.38. The second kappa shape index (κ2) is 10.8. The minimum atomic E-state index is 0.585. The number of hydrogen-bond donors (Lipinski definition) is 2. The highest BCUT2D eigenvalue weighted by molar-refractivity contribution is 7.13. The van der Waals surface area contributed by atoms with E-state index in [1.54, 1.807) is 18.4 Å². The summed E-state index contributed by atoms with van der Waals surface area (Å²) in [6.07, 6.45) is 0.961. The zero-order chi connectivity index (χ0) is 17.9. The molecule has 6 heteroatoms. The van der Waals surface area contributed by atoms with Crippen molar-refractivity contribution in [2.24, 2.45) is 10.9 Å². The molecule has 2 rings (SSSR count). The lowest BCUT2D eigenvalue weighted by atomic mass is 10.2. The first-order valence-electron chi connectivity index (χ1n) is 8.71. The van der Waals surface area contributed by atoms with Crippen LogP contribution in [0.25, 0.3) is 10.6 Å². The van der Waals surface area contributed by atoms with Crippen LogP contribution in [-0.4, -0.2) is 37.7 Å². The Balaban J connectivity index is 1.70. The number of benzene rings is 1. The number of guanidine groups is 1. The van der Waals surface area contributed by atoms with Gasteiger partial charge >= 0.3 is 0 Å². The van der Waals surface area contributed by atoms with Crippen molar-refractivity contribution in [2.45, 2.75) is 26.8 Å². The van der Waals surface area contributed by atoms with E-state index in [1.807, 2.05) is 18.2 Å². The molecule has 0 saturated heterocycles. The quantitative estimate of drug-likeness (QED) is 0.408. The zero-order valence-electron chi connectivity index (χ0n) is 15.3. The summed E-state index contributed by atoms with van der Waals surface area (Å²) in [6, 6.07) is 10.2. The molecule has 0 unspecified atom stereocenters. The lowest BCUT2D eigenvalue weighted by Gasteiger charge is -2.11. The van der Waals surface area contributed by atoms with Gasteiger partial charge < -0.3 is 15.4 Å². The fourth-order valence-electron chi connectivity index (χ4n) is 2.20. The van der Waals surface area contributed by atoms with Gasteiger partial charge in [0.15, 0.2) is 5.96 Å². The van der Waals surface area contributed by atoms with Crippen LogP contribution in [0.4, 0.5) is 0 Å². The molecule has 5 nitrogen and oxygen atoms in total. The van der Waals surface area contributed by atoms with Crippen LogP contribution in [0.3, 0.4) is 0 Å². The largest absolute Gasteiger partial charge is 0.381 e. The van der Waals surface area contributed by atoms with E-state index in [-0.39, 0.29) is 0 Å². The van der Waals surface area contributed by atoms with Crippen LogP contribution in [-0.2, 0) is 11.3 Å². The first-order chi connectivity index (χ1) is 12.2. The van der Waals surface area contributed by atoms with Gasteiger partial charge in [-0.3, -0.25) is 4.99 Å². The van der Waals surface area contributed by atoms with Gasteiger partial charge in [0.05, 0.1) is 12.2 Å². The number of nitrogens with one attached hydrogen (secondary N) is 2. The highest BCUT2D eigenvalue weighted by Crippen LogP contribution is 2.23. The minimum Gasteiger partial charge on any atom is -0.381 e. The summed E-state index contributed by atoms with van der Waals surface area (Å²) in [5.41, 5.74) is 2.18. The molecule has 2 N–H and O–H groups in total. The minimum absolute atomic E-state index is 0.585. The average molecular weight is 361 g/mol. The van der Waals surface area contributed by atoms with Gasteiger partial charge in [0, 0.05) is 37.7 Å². The maximum Gasteiger partial charge on any atom is 0.191 e. The molecule has 0 aliphatic heterocycles. The number of rotatable bonds is 9. The molecule has 25 heavy (non-hydrogen) atoms. The number of hydrogen-bond acceptors (Lipinski definition) is 4. The van der Waals surface area contributed by atoms with Crippen LogP contribution >= 0.6 is 11.3 Å². The number of aromatic nitrogens is 1. The van der Waals surface area contributed by atoms with Gasteiger partial charge in [-0.1, -0.05) is 44.2 Å². The van der Waals surface area contributed by atoms with Crippen molar-refractivity contribution in [2.75, 3.05) is 26.8 Å². The first kappa shape index (κ1) is 19.4. The summed E-state index contributed by atoms with van der Waals surface area (Å²) in [4.78, 5) is 8.92. The maximum absolute atomic E-state index is 5.58. The van der Waals surface area contributed by atoms with Gasteiger partial charge in [-0.25, -0.2) is 4.98 Å². The molecule has 1 aromatic heterocycles. The van der Waals surface area contributed by atoms with E-state index in [4.69, 9.17) is 4.74 Å². The van der Waals surface area contributed by atoms with E-state index in [2.05, 4.69) is 52.0 Å². The molecule has 0 radical (unpaired) electrons. The van der Waals surface area contributed by atoms with Gasteiger partial charge in [0.2, 0.25) is 0 Å². The van der Waals surface area contributed by atoms with Crippen molar-refractivity contribution in [3.63, 3.8) is 0 Å². The van der Waals surface area contributed by atoms with Crippen molar-refractivity contribution in [3.05, 3.63) is 41.4 Å². The van der Waals surface area contributed by atoms with E-state index in [0.717, 1.165) is 48.4 Å². The number of nitrogens with zero attached hydrogens (tertiary/aromatic N) is 2. The van der Waals surface area contributed by atoms with E-state index < -0.39 is 0 Å². The Labute approximate surface area is 154 Å². The zero-order valence-corrected chi connectivity index (χ0v) is 16.1. The highest BCUT2D eigenvalue weighted by atomic mass is 32.1. The Morgan fingerprint density at radius 1 is 1.24 bits per heavy atom. The smallest absolute Gasteiger partial charge is 0.191 e. The molecule has 1 heterocycles. The molecule has 0 bridgehead atoms. The van der Waals surface area contributed by atoms with Crippen LogP contribution in [0.1, 0.15) is 26.0 Å². The number of aliphatic imine (C=N–C) groups is 1. The van der Waals surface area contributed by atoms with E-state index >= 15 is 0 Å². The fraction of sp³-hybridized carbons (Fsp3) is 0.474. The predicted octanol–water partition coefficient (Wildman–Crippen LogP) is 3.54. The second-order valence-electron chi connectivity index (χ2n) is 6.18. The summed E-state index contributed by atoms with van der Waals surface area (Å²) in [6.45, 7) is 7.41. The Morgan fingerprint density at radius 2 is 2.04 bits per heavy atom. The Kier molecular flexibility index (Phi) is 8.42. The number of ether oxygens (including phenoxy) is 1. The summed E-state index contributed by atoms with van der Waals surface area (Å²) in [5, 5.41) is 9.73. The molecule has 0 spiro atoms. The van der Waals surface area contributed by atoms with Crippen molar-refractivity contribution < 1.29 is 4.74 Å². The van der Waals surface area contributed by atoms with Gasteiger partial charge in [-0.15, -0.1) is 11.3 Å². The molecular formula is C19H28N4OS. The maximum atomic E-state index is 5.58. The fourth-order valence-corrected chi connectivity index (χ4v) is 3.02. The topological polar surface area (TPSA) is 58.5 Å². The third kappa shape index (κ3) is 7.23. The van der Waals surface area contributed by atoms with Crippen LogP contribution in [0, 0.1) is 5.92 Å². The van der Waals surface area contributed by atoms with Crippen molar-refractivity contribution in [1.82, 2.24) is 15.6 Å². The molecule has 0 amide bonds. The highest BCUT2D eigenvalue weighted by Gasteiger charge is 2.05. The van der Waals surface area contributed by atoms with Crippen LogP contribution in [0.5, 0.6) is 0 Å². The molecule has 136 valence electrons. The predicted molar refractivity (Wildman–Crippen MR) is 106 cm³/mol. The van der Waals surface area contributed by atoms with Crippen molar-refractivity contribution in [1.29, 1.82) is 0 Å². The Hall–Kier alpha value is -1.92. The van der Waals surface area contributed by atoms with E-state index in [1.165, 1.54) is 0 Å². The molecule has 0 aliphatic carbocycles. The molecule has 2 aromatic rings. The molecule has 0 atom stereocenters. The average Bonchev–Trinajstić information content (AvgIpc) is 3.10. The van der Waals surface area contributed by atoms with Crippen molar-refractivity contribution in [3.8, 4) is 10.6 Å². The Bertz CT molecular complexity index is 640. The molecule has 0 saturated carbocycles. The summed E-state index contributed by atoms with van der Waals surface area (Å²) >= 11 is 1.66. The standard InChI is InChI=1S/C19H28N4OS/c1-15(2)13-24-11-7-10-21-19(20-3)22-12-17-14-25-18(23-17)16-8-5-4-6-9-16/h4-6,8-9,14-15H,7,10-13H2,1-3H3,(H2,20,21,22). The normalized spacial score (nSPS) is 11.8. The summed E-state index contributed by atoms with van der Waals surface area (Å²) in [7, 11) is 1.78. The molecule has 0 aliphatic rings. The molecule has 0 fully saturated rings. The Morgan fingerprint density at radius 3 is 2.76 bits per heavy atom. The SMILES string of the molecule is CN=C(NCCCOCC(C)C)NCc1csc(-c2ccccc2)n1. The third-order valence-electron chi connectivity index (χ3n) is 3.44. The van der Waals surface area contributed by atoms with Crippen LogP contribution in [0.2, 0.25) is 0 Å². The molecule has 1 aromatic carbocycles. The first-order valence-corrected chi connectivity index (χ1v) is 9.59. The lowest BCUT2D eigenvalue weighted by Crippen LogP contribution is -2.37. The van der Waals surface area contributed by atoms with Gasteiger partial charge in [-0.2, -0.15) is 0 Å². The summed E-state index contributed by atoms with van der Waals surface area (Å²) < 4.78 is 5.58. The van der Waals surface area contributed by atoms with Gasteiger partial charge in [0.1, 0.15) is 5.01 Å². The summed E-state index contributed by atoms with van der Waals surface area (Å²) in [5.74, 6) is 1.37. The lowest BCUT2D eigenvalue weighted by molar-refractivity contribution is 0.108. The van der Waals surface area contributed by atoms with Crippen LogP contribution in [0.15, 0.2) is 40.7 Å². The monoisotopic (exact) mass is 360 g/mol. The molecular weight excluding hydrogens is 332 g/mol. The van der Waals surface area contributed by atoms with Crippen LogP contribution < -0.4 is 10.6 Å². The number of thiazole rings is 1. The second-order valence-corrected chi connectivity index (χ2v) is 7.04. The van der Waals surface area contributed by atoms with E-state index in [9.17, 15) is 0 Å². The van der Waals surface area contributed by atoms with Crippen molar-refractivity contribution >= 4 is 17.3 Å². The van der Waals surface area contributed by atoms with Gasteiger partial charge in [0.25, 0.3) is 0 Å².